The summed E-state index contributed by atoms with van der Waals surface area (Å²) in [5, 5.41) is 3.25. The first-order valence-electron chi connectivity index (χ1n) is 6.01. The molecule has 0 unspecified atom stereocenters. The molecule has 0 saturated heterocycles. The van der Waals surface area contributed by atoms with Crippen molar-refractivity contribution in [3.63, 3.8) is 0 Å². The predicted molar refractivity (Wildman–Crippen MR) is 64.9 cm³/mol. The molecule has 0 spiro atoms. The summed E-state index contributed by atoms with van der Waals surface area (Å²) >= 11 is 0. The summed E-state index contributed by atoms with van der Waals surface area (Å²) in [6.07, 6.45) is 6.34. The van der Waals surface area contributed by atoms with E-state index in [0.717, 1.165) is 0 Å². The highest BCUT2D eigenvalue weighted by molar-refractivity contribution is 5.77. The number of hydrogen-bond donors (Lipinski definition) is 1. The molecule has 90 valence electrons. The van der Waals surface area contributed by atoms with E-state index in [4.69, 9.17) is 0 Å². The first-order valence-corrected chi connectivity index (χ1v) is 6.01. The molecule has 15 heavy (non-hydrogen) atoms. The molecule has 3 nitrogen and oxygen atoms in total. The monoisotopic (exact) mass is 214 g/mol. The molecule has 0 aromatic carbocycles. The summed E-state index contributed by atoms with van der Waals surface area (Å²) in [5.74, 6) is 0.149. The second kappa shape index (κ2) is 8.72. The van der Waals surface area contributed by atoms with Crippen molar-refractivity contribution in [2.75, 3.05) is 20.6 Å². The van der Waals surface area contributed by atoms with Gasteiger partial charge >= 0.3 is 0 Å². The zero-order chi connectivity index (χ0) is 11.7. The Morgan fingerprint density at radius 2 is 1.93 bits per heavy atom. The molecule has 0 aromatic heterocycles. The van der Waals surface area contributed by atoms with Gasteiger partial charge in [0.15, 0.2) is 0 Å². The minimum atomic E-state index is 0.149. The fraction of sp³-hybridized carbons (Fsp3) is 0.917. The molecule has 1 N–H and O–H groups in total. The van der Waals surface area contributed by atoms with Gasteiger partial charge in [0, 0.05) is 20.1 Å². The summed E-state index contributed by atoms with van der Waals surface area (Å²) in [6.45, 7) is 4.83. The predicted octanol–water partition coefficient (Wildman–Crippen LogP) is 2.02. The fourth-order valence-electron chi connectivity index (χ4n) is 1.40. The van der Waals surface area contributed by atoms with E-state index >= 15 is 0 Å². The summed E-state index contributed by atoms with van der Waals surface area (Å²) in [5.41, 5.74) is 0. The molecule has 0 saturated carbocycles. The van der Waals surface area contributed by atoms with Gasteiger partial charge in [-0.25, -0.2) is 0 Å². The molecule has 0 aliphatic carbocycles. The van der Waals surface area contributed by atoms with Crippen molar-refractivity contribution >= 4 is 5.91 Å². The molecule has 0 aliphatic heterocycles. The van der Waals surface area contributed by atoms with Crippen molar-refractivity contribution < 1.29 is 4.79 Å². The molecule has 0 fully saturated rings. The van der Waals surface area contributed by atoms with Crippen molar-refractivity contribution in [1.82, 2.24) is 10.2 Å². The number of carbonyl (C=O) groups is 1. The van der Waals surface area contributed by atoms with Crippen molar-refractivity contribution in [3.8, 4) is 0 Å². The normalized spacial score (nSPS) is 12.5. The Bertz CT molecular complexity index is 169. The Labute approximate surface area is 94.2 Å². The minimum absolute atomic E-state index is 0.149. The zero-order valence-corrected chi connectivity index (χ0v) is 10.7. The molecule has 0 aromatic rings. The highest BCUT2D eigenvalue weighted by atomic mass is 16.2. The van der Waals surface area contributed by atoms with E-state index < -0.39 is 0 Å². The Balaban J connectivity index is 3.40. The van der Waals surface area contributed by atoms with Crippen LogP contribution in [0, 0.1) is 0 Å². The van der Waals surface area contributed by atoms with E-state index in [-0.39, 0.29) is 5.91 Å². The smallest absolute Gasteiger partial charge is 0.236 e. The maximum absolute atomic E-state index is 11.3. The highest BCUT2D eigenvalue weighted by Gasteiger charge is 2.06. The van der Waals surface area contributed by atoms with Crippen molar-refractivity contribution in [1.29, 1.82) is 0 Å². The van der Waals surface area contributed by atoms with Crippen LogP contribution in [0.4, 0.5) is 0 Å². The maximum Gasteiger partial charge on any atom is 0.236 e. The molecule has 0 heterocycles. The lowest BCUT2D eigenvalue weighted by atomic mass is 10.1. The van der Waals surface area contributed by atoms with E-state index in [1.165, 1.54) is 32.1 Å². The lowest BCUT2D eigenvalue weighted by molar-refractivity contribution is -0.127. The molecule has 0 radical (unpaired) electrons. The van der Waals surface area contributed by atoms with Crippen LogP contribution in [0.25, 0.3) is 0 Å². The Kier molecular flexibility index (Phi) is 8.38. The molecule has 0 rings (SSSR count). The van der Waals surface area contributed by atoms with Gasteiger partial charge < -0.3 is 10.2 Å². The van der Waals surface area contributed by atoms with E-state index in [9.17, 15) is 4.79 Å². The van der Waals surface area contributed by atoms with Crippen molar-refractivity contribution in [3.05, 3.63) is 0 Å². The van der Waals surface area contributed by atoms with Gasteiger partial charge in [-0.05, 0) is 13.3 Å². The van der Waals surface area contributed by atoms with Crippen LogP contribution in [0.2, 0.25) is 0 Å². The Morgan fingerprint density at radius 1 is 1.27 bits per heavy atom. The van der Waals surface area contributed by atoms with Gasteiger partial charge in [0.05, 0.1) is 6.54 Å². The number of amides is 1. The number of likely N-dealkylation sites (N-methyl/N-ethyl adjacent to an activating group) is 1. The van der Waals surface area contributed by atoms with E-state index in [1.807, 2.05) is 0 Å². The average molecular weight is 214 g/mol. The molecule has 0 bridgehead atoms. The first-order chi connectivity index (χ1) is 7.07. The van der Waals surface area contributed by atoms with Crippen molar-refractivity contribution in [2.24, 2.45) is 0 Å². The second-order valence-electron chi connectivity index (χ2n) is 4.42. The second-order valence-corrected chi connectivity index (χ2v) is 4.42. The van der Waals surface area contributed by atoms with Gasteiger partial charge in [-0.15, -0.1) is 0 Å². The maximum atomic E-state index is 11.3. The number of unbranched alkanes of at least 4 members (excludes halogenated alkanes) is 3. The number of nitrogens with one attached hydrogen (secondary N) is 1. The fourth-order valence-corrected chi connectivity index (χ4v) is 1.40. The van der Waals surface area contributed by atoms with Crippen LogP contribution in [-0.4, -0.2) is 37.5 Å². The van der Waals surface area contributed by atoms with Crippen LogP contribution >= 0.6 is 0 Å². The average Bonchev–Trinajstić information content (AvgIpc) is 2.20. The third kappa shape index (κ3) is 8.43. The van der Waals surface area contributed by atoms with Crippen LogP contribution in [0.3, 0.4) is 0 Å². The van der Waals surface area contributed by atoms with E-state index in [0.29, 0.717) is 12.6 Å². The lowest BCUT2D eigenvalue weighted by Crippen LogP contribution is -2.37. The molecule has 1 amide bonds. The topological polar surface area (TPSA) is 32.3 Å². The third-order valence-corrected chi connectivity index (χ3v) is 2.59. The van der Waals surface area contributed by atoms with Gasteiger partial charge in [-0.1, -0.05) is 32.6 Å². The quantitative estimate of drug-likeness (QED) is 0.627. The van der Waals surface area contributed by atoms with Gasteiger partial charge in [0.1, 0.15) is 0 Å². The van der Waals surface area contributed by atoms with Gasteiger partial charge in [0.2, 0.25) is 5.91 Å². The van der Waals surface area contributed by atoms with Gasteiger partial charge in [0.25, 0.3) is 0 Å². The standard InChI is InChI=1S/C12H26N2O/c1-5-6-7-8-9-11(2)13-10-12(15)14(3)4/h11,13H,5-10H2,1-4H3/t11-/m0/s1. The van der Waals surface area contributed by atoms with Crippen LogP contribution in [0.1, 0.15) is 46.0 Å². The molecule has 0 aliphatic rings. The SMILES string of the molecule is CCCCCC[C@H](C)NCC(=O)N(C)C. The molecule has 1 atom stereocenters. The highest BCUT2D eigenvalue weighted by Crippen LogP contribution is 2.04. The lowest BCUT2D eigenvalue weighted by Gasteiger charge is -2.15. The first kappa shape index (κ1) is 14.4. The van der Waals surface area contributed by atoms with Gasteiger partial charge in [-0.3, -0.25) is 4.79 Å². The van der Waals surface area contributed by atoms with Crippen LogP contribution in [0.15, 0.2) is 0 Å². The van der Waals surface area contributed by atoms with Crippen LogP contribution in [0.5, 0.6) is 0 Å². The molecular formula is C12H26N2O. The van der Waals surface area contributed by atoms with E-state index in [2.05, 4.69) is 19.2 Å². The summed E-state index contributed by atoms with van der Waals surface area (Å²) in [4.78, 5) is 12.9. The largest absolute Gasteiger partial charge is 0.348 e. The number of carbonyl (C=O) groups excluding carboxylic acids is 1. The summed E-state index contributed by atoms with van der Waals surface area (Å²) in [7, 11) is 3.58. The minimum Gasteiger partial charge on any atom is -0.348 e. The zero-order valence-electron chi connectivity index (χ0n) is 10.7. The van der Waals surface area contributed by atoms with Crippen LogP contribution in [-0.2, 0) is 4.79 Å². The molecule has 3 heteroatoms. The summed E-state index contributed by atoms with van der Waals surface area (Å²) < 4.78 is 0. The third-order valence-electron chi connectivity index (χ3n) is 2.59. The Morgan fingerprint density at radius 3 is 2.47 bits per heavy atom. The summed E-state index contributed by atoms with van der Waals surface area (Å²) in [6, 6.07) is 0.450. The van der Waals surface area contributed by atoms with E-state index in [1.54, 1.807) is 19.0 Å². The van der Waals surface area contributed by atoms with Crippen LogP contribution < -0.4 is 5.32 Å². The molecular weight excluding hydrogens is 188 g/mol. The number of rotatable bonds is 8. The Hall–Kier alpha value is -0.570. The van der Waals surface area contributed by atoms with Crippen molar-refractivity contribution in [2.45, 2.75) is 52.0 Å². The number of nitrogens with zero attached hydrogens (tertiary/aromatic N) is 1. The van der Waals surface area contributed by atoms with Gasteiger partial charge in [-0.2, -0.15) is 0 Å². The number of hydrogen-bond acceptors (Lipinski definition) is 2.